The Labute approximate surface area is 180 Å². The minimum atomic E-state index is -0.526. The lowest BCUT2D eigenvalue weighted by Crippen LogP contribution is -2.42. The number of ether oxygens (including phenoxy) is 3. The van der Waals surface area contributed by atoms with Gasteiger partial charge in [0.05, 0.1) is 19.8 Å². The zero-order valence-electron chi connectivity index (χ0n) is 17.9. The van der Waals surface area contributed by atoms with Crippen LogP contribution in [-0.2, 0) is 4.79 Å². The van der Waals surface area contributed by atoms with Crippen LogP contribution in [0.3, 0.4) is 0 Å². The second kappa shape index (κ2) is 10.1. The molecule has 2 aromatic carbocycles. The minimum absolute atomic E-state index is 0.183. The predicted molar refractivity (Wildman–Crippen MR) is 113 cm³/mol. The smallest absolute Gasteiger partial charge is 0.269 e. The Morgan fingerprint density at radius 3 is 2.16 bits per heavy atom. The fourth-order valence-corrected chi connectivity index (χ4v) is 3.41. The zero-order chi connectivity index (χ0) is 22.4. The average molecular weight is 430 g/mol. The summed E-state index contributed by atoms with van der Waals surface area (Å²) in [5, 5.41) is 0. The van der Waals surface area contributed by atoms with Crippen molar-refractivity contribution < 1.29 is 28.2 Å². The second-order valence-corrected chi connectivity index (χ2v) is 7.01. The molecule has 166 valence electrons. The maximum Gasteiger partial charge on any atom is 0.269 e. The summed E-state index contributed by atoms with van der Waals surface area (Å²) in [6, 6.07) is 9.49. The SMILES string of the molecule is CCOc1cc(C(=O)NNC(=O)C2CC2c2ccccc2F)cc(OCC)c1OCC. The van der Waals surface area contributed by atoms with Gasteiger partial charge in [-0.05, 0) is 56.9 Å². The van der Waals surface area contributed by atoms with E-state index in [0.717, 1.165) is 0 Å². The summed E-state index contributed by atoms with van der Waals surface area (Å²) in [5.41, 5.74) is 5.61. The number of hydrazine groups is 1. The Morgan fingerprint density at radius 2 is 1.58 bits per heavy atom. The van der Waals surface area contributed by atoms with Gasteiger partial charge in [-0.1, -0.05) is 18.2 Å². The van der Waals surface area contributed by atoms with E-state index in [2.05, 4.69) is 10.9 Å². The summed E-state index contributed by atoms with van der Waals surface area (Å²) >= 11 is 0. The number of nitrogens with one attached hydrogen (secondary N) is 2. The molecule has 0 saturated heterocycles. The molecule has 7 nitrogen and oxygen atoms in total. The first-order valence-electron chi connectivity index (χ1n) is 10.4. The highest BCUT2D eigenvalue weighted by molar-refractivity contribution is 5.97. The average Bonchev–Trinajstić information content (AvgIpc) is 3.55. The van der Waals surface area contributed by atoms with E-state index < -0.39 is 5.91 Å². The number of amides is 2. The molecule has 2 atom stereocenters. The highest BCUT2D eigenvalue weighted by Crippen LogP contribution is 2.48. The maximum atomic E-state index is 13.9. The van der Waals surface area contributed by atoms with E-state index in [1.807, 2.05) is 20.8 Å². The van der Waals surface area contributed by atoms with E-state index in [-0.39, 0.29) is 29.1 Å². The summed E-state index contributed by atoms with van der Waals surface area (Å²) < 4.78 is 30.7. The quantitative estimate of drug-likeness (QED) is 0.594. The maximum absolute atomic E-state index is 13.9. The van der Waals surface area contributed by atoms with Crippen molar-refractivity contribution in [3.8, 4) is 17.2 Å². The van der Waals surface area contributed by atoms with Crippen molar-refractivity contribution in [3.05, 3.63) is 53.3 Å². The van der Waals surface area contributed by atoms with Crippen molar-refractivity contribution in [2.45, 2.75) is 33.1 Å². The van der Waals surface area contributed by atoms with E-state index >= 15 is 0 Å². The number of rotatable bonds is 9. The first-order valence-corrected chi connectivity index (χ1v) is 10.4. The topological polar surface area (TPSA) is 85.9 Å². The molecule has 0 heterocycles. The molecule has 0 radical (unpaired) electrons. The number of carbonyl (C=O) groups is 2. The molecule has 0 aliphatic heterocycles. The van der Waals surface area contributed by atoms with E-state index in [1.165, 1.54) is 18.2 Å². The van der Waals surface area contributed by atoms with Gasteiger partial charge in [0.1, 0.15) is 5.82 Å². The Morgan fingerprint density at radius 1 is 0.968 bits per heavy atom. The summed E-state index contributed by atoms with van der Waals surface area (Å²) in [4.78, 5) is 25.0. The van der Waals surface area contributed by atoms with Crippen LogP contribution in [0, 0.1) is 11.7 Å². The van der Waals surface area contributed by atoms with Gasteiger partial charge in [0.25, 0.3) is 5.91 Å². The van der Waals surface area contributed by atoms with Gasteiger partial charge < -0.3 is 14.2 Å². The molecule has 1 aliphatic rings. The third kappa shape index (κ3) is 5.25. The van der Waals surface area contributed by atoms with Crippen LogP contribution in [0.2, 0.25) is 0 Å². The van der Waals surface area contributed by atoms with E-state index in [9.17, 15) is 14.0 Å². The van der Waals surface area contributed by atoms with Crippen molar-refractivity contribution in [2.75, 3.05) is 19.8 Å². The number of hydrogen-bond acceptors (Lipinski definition) is 5. The van der Waals surface area contributed by atoms with Gasteiger partial charge in [0, 0.05) is 11.5 Å². The Kier molecular flexibility index (Phi) is 7.33. The van der Waals surface area contributed by atoms with Gasteiger partial charge >= 0.3 is 0 Å². The van der Waals surface area contributed by atoms with Gasteiger partial charge in [-0.2, -0.15) is 0 Å². The molecule has 0 bridgehead atoms. The van der Waals surface area contributed by atoms with E-state index in [4.69, 9.17) is 14.2 Å². The van der Waals surface area contributed by atoms with Gasteiger partial charge in [-0.15, -0.1) is 0 Å². The molecule has 0 aromatic heterocycles. The zero-order valence-corrected chi connectivity index (χ0v) is 17.9. The standard InChI is InChI=1S/C23H27FN2O5/c1-4-29-19-11-14(12-20(30-5-2)21(19)31-6-3)22(27)25-26-23(28)17-13-16(17)15-9-7-8-10-18(15)24/h7-12,16-17H,4-6,13H2,1-3H3,(H,25,27)(H,26,28). The van der Waals surface area contributed by atoms with Crippen LogP contribution in [0.15, 0.2) is 36.4 Å². The van der Waals surface area contributed by atoms with Crippen LogP contribution < -0.4 is 25.1 Å². The van der Waals surface area contributed by atoms with Crippen LogP contribution in [0.25, 0.3) is 0 Å². The van der Waals surface area contributed by atoms with Crippen LogP contribution in [0.1, 0.15) is 49.0 Å². The fraction of sp³-hybridized carbons (Fsp3) is 0.391. The van der Waals surface area contributed by atoms with Crippen molar-refractivity contribution in [2.24, 2.45) is 5.92 Å². The summed E-state index contributed by atoms with van der Waals surface area (Å²) in [6.07, 6.45) is 0.536. The van der Waals surface area contributed by atoms with Crippen LogP contribution in [0.5, 0.6) is 17.2 Å². The lowest BCUT2D eigenvalue weighted by atomic mass is 10.1. The number of carbonyl (C=O) groups excluding carboxylic acids is 2. The lowest BCUT2D eigenvalue weighted by Gasteiger charge is -2.17. The number of benzene rings is 2. The molecule has 2 aromatic rings. The van der Waals surface area contributed by atoms with Crippen molar-refractivity contribution in [1.82, 2.24) is 10.9 Å². The number of halogens is 1. The minimum Gasteiger partial charge on any atom is -0.490 e. The molecule has 31 heavy (non-hydrogen) atoms. The molecular weight excluding hydrogens is 403 g/mol. The normalized spacial score (nSPS) is 16.9. The number of hydrogen-bond donors (Lipinski definition) is 2. The second-order valence-electron chi connectivity index (χ2n) is 7.01. The van der Waals surface area contributed by atoms with Gasteiger partial charge in [-0.25, -0.2) is 4.39 Å². The van der Waals surface area contributed by atoms with Crippen LogP contribution in [-0.4, -0.2) is 31.6 Å². The molecular formula is C23H27FN2O5. The predicted octanol–water partition coefficient (Wildman–Crippen LogP) is 3.59. The monoisotopic (exact) mass is 430 g/mol. The highest BCUT2D eigenvalue weighted by atomic mass is 19.1. The van der Waals surface area contributed by atoms with Gasteiger partial charge in [0.15, 0.2) is 11.5 Å². The van der Waals surface area contributed by atoms with Crippen LogP contribution >= 0.6 is 0 Å². The summed E-state index contributed by atoms with van der Waals surface area (Å²) in [5.74, 6) is -0.579. The summed E-state index contributed by atoms with van der Waals surface area (Å²) in [7, 11) is 0. The Hall–Kier alpha value is -3.29. The Bertz CT molecular complexity index is 922. The largest absolute Gasteiger partial charge is 0.490 e. The molecule has 1 fully saturated rings. The van der Waals surface area contributed by atoms with Gasteiger partial charge in [0.2, 0.25) is 11.7 Å². The molecule has 3 rings (SSSR count). The molecule has 2 amide bonds. The lowest BCUT2D eigenvalue weighted by molar-refractivity contribution is -0.123. The molecule has 0 spiro atoms. The first kappa shape index (κ1) is 22.4. The van der Waals surface area contributed by atoms with Crippen LogP contribution in [0.4, 0.5) is 4.39 Å². The molecule has 8 heteroatoms. The molecule has 2 N–H and O–H groups in total. The van der Waals surface area contributed by atoms with E-state index in [0.29, 0.717) is 49.1 Å². The third-order valence-electron chi connectivity index (χ3n) is 4.90. The van der Waals surface area contributed by atoms with Crippen molar-refractivity contribution in [3.63, 3.8) is 0 Å². The van der Waals surface area contributed by atoms with E-state index in [1.54, 1.807) is 18.2 Å². The summed E-state index contributed by atoms with van der Waals surface area (Å²) in [6.45, 7) is 6.66. The first-order chi connectivity index (χ1) is 15.0. The van der Waals surface area contributed by atoms with Crippen molar-refractivity contribution >= 4 is 11.8 Å². The van der Waals surface area contributed by atoms with Gasteiger partial charge in [-0.3, -0.25) is 20.4 Å². The Balaban J connectivity index is 1.67. The molecule has 1 saturated carbocycles. The molecule has 2 unspecified atom stereocenters. The third-order valence-corrected chi connectivity index (χ3v) is 4.90. The fourth-order valence-electron chi connectivity index (χ4n) is 3.41. The molecule has 1 aliphatic carbocycles. The van der Waals surface area contributed by atoms with Crippen molar-refractivity contribution in [1.29, 1.82) is 0 Å². The highest BCUT2D eigenvalue weighted by Gasteiger charge is 2.45.